The van der Waals surface area contributed by atoms with Crippen molar-refractivity contribution < 1.29 is 9.18 Å². The number of aryl methyl sites for hydroxylation is 2. The van der Waals surface area contributed by atoms with Crippen LogP contribution in [0.1, 0.15) is 39.4 Å². The Morgan fingerprint density at radius 2 is 2.00 bits per heavy atom. The van der Waals surface area contributed by atoms with E-state index in [1.54, 1.807) is 11.3 Å². The first-order valence-electron chi connectivity index (χ1n) is 7.11. The minimum absolute atomic E-state index is 0.0368. The second-order valence-electron chi connectivity index (χ2n) is 5.31. The summed E-state index contributed by atoms with van der Waals surface area (Å²) in [6.07, 6.45) is 5.78. The summed E-state index contributed by atoms with van der Waals surface area (Å²) < 4.78 is 13.1. The predicted octanol–water partition coefficient (Wildman–Crippen LogP) is 3.99. The monoisotopic (exact) mass is 304 g/mol. The maximum atomic E-state index is 13.1. The molecule has 0 spiro atoms. The molecule has 1 aromatic heterocycles. The summed E-state index contributed by atoms with van der Waals surface area (Å²) in [5, 5.41) is 2.78. The first kappa shape index (κ1) is 14.1. The van der Waals surface area contributed by atoms with Gasteiger partial charge in [-0.1, -0.05) is 6.42 Å². The third-order valence-corrected chi connectivity index (χ3v) is 4.96. The standard InChI is InChI=1S/C16H17FN2OS/c17-12-7-6-11(9-13(12)18)19-16(20)15-8-10-4-2-1-3-5-14(10)21-15/h6-9H,1-5,18H2,(H,19,20). The highest BCUT2D eigenvalue weighted by Crippen LogP contribution is 2.29. The zero-order valence-corrected chi connectivity index (χ0v) is 12.4. The van der Waals surface area contributed by atoms with Gasteiger partial charge in [0.2, 0.25) is 0 Å². The van der Waals surface area contributed by atoms with Crippen molar-refractivity contribution in [1.82, 2.24) is 0 Å². The van der Waals surface area contributed by atoms with Gasteiger partial charge in [-0.15, -0.1) is 11.3 Å². The second kappa shape index (κ2) is 5.85. The molecule has 0 fully saturated rings. The minimum Gasteiger partial charge on any atom is -0.396 e. The van der Waals surface area contributed by atoms with Crippen LogP contribution in [0.3, 0.4) is 0 Å². The van der Waals surface area contributed by atoms with Crippen LogP contribution in [0.2, 0.25) is 0 Å². The number of nitrogens with two attached hydrogens (primary N) is 1. The Balaban J connectivity index is 1.77. The number of rotatable bonds is 2. The Labute approximate surface area is 127 Å². The van der Waals surface area contributed by atoms with E-state index in [-0.39, 0.29) is 11.6 Å². The molecule has 1 aromatic carbocycles. The lowest BCUT2D eigenvalue weighted by atomic mass is 10.1. The average Bonchev–Trinajstić information content (AvgIpc) is 2.74. The van der Waals surface area contributed by atoms with Crippen molar-refractivity contribution in [1.29, 1.82) is 0 Å². The summed E-state index contributed by atoms with van der Waals surface area (Å²) in [4.78, 5) is 14.3. The maximum Gasteiger partial charge on any atom is 0.265 e. The fourth-order valence-electron chi connectivity index (χ4n) is 2.59. The Kier molecular flexibility index (Phi) is 3.92. The first-order valence-corrected chi connectivity index (χ1v) is 7.93. The van der Waals surface area contributed by atoms with Crippen LogP contribution in [0, 0.1) is 5.82 Å². The number of hydrogen-bond acceptors (Lipinski definition) is 3. The quantitative estimate of drug-likeness (QED) is 0.651. The molecule has 0 saturated carbocycles. The van der Waals surface area contributed by atoms with Crippen molar-refractivity contribution in [2.75, 3.05) is 11.1 Å². The summed E-state index contributed by atoms with van der Waals surface area (Å²) in [5.41, 5.74) is 7.37. The maximum absolute atomic E-state index is 13.1. The van der Waals surface area contributed by atoms with Crippen LogP contribution >= 0.6 is 11.3 Å². The number of carbonyl (C=O) groups excluding carboxylic acids is 1. The number of carbonyl (C=O) groups is 1. The van der Waals surface area contributed by atoms with Gasteiger partial charge in [-0.25, -0.2) is 4.39 Å². The van der Waals surface area contributed by atoms with Gasteiger partial charge >= 0.3 is 0 Å². The van der Waals surface area contributed by atoms with E-state index < -0.39 is 5.82 Å². The Morgan fingerprint density at radius 1 is 1.19 bits per heavy atom. The Bertz CT molecular complexity index is 657. The van der Waals surface area contributed by atoms with Gasteiger partial charge in [-0.2, -0.15) is 0 Å². The van der Waals surface area contributed by atoms with Gasteiger partial charge in [-0.3, -0.25) is 4.79 Å². The molecule has 0 saturated heterocycles. The van der Waals surface area contributed by atoms with E-state index in [1.807, 2.05) is 6.07 Å². The molecule has 0 radical (unpaired) electrons. The molecule has 1 amide bonds. The molecule has 1 aliphatic rings. The fourth-order valence-corrected chi connectivity index (χ4v) is 3.74. The Hall–Kier alpha value is -1.88. The van der Waals surface area contributed by atoms with E-state index >= 15 is 0 Å². The zero-order valence-electron chi connectivity index (χ0n) is 11.6. The van der Waals surface area contributed by atoms with Crippen LogP contribution < -0.4 is 11.1 Å². The zero-order chi connectivity index (χ0) is 14.8. The second-order valence-corrected chi connectivity index (χ2v) is 6.45. The minimum atomic E-state index is -0.476. The number of fused-ring (bicyclic) bond motifs is 1. The molecule has 3 nitrogen and oxygen atoms in total. The summed E-state index contributed by atoms with van der Waals surface area (Å²) in [6.45, 7) is 0. The van der Waals surface area contributed by atoms with Crippen molar-refractivity contribution >= 4 is 28.6 Å². The normalized spacial score (nSPS) is 14.3. The lowest BCUT2D eigenvalue weighted by Crippen LogP contribution is -2.10. The highest BCUT2D eigenvalue weighted by Gasteiger charge is 2.16. The number of hydrogen-bond donors (Lipinski definition) is 2. The van der Waals surface area contributed by atoms with Gasteiger partial charge < -0.3 is 11.1 Å². The van der Waals surface area contributed by atoms with Gasteiger partial charge in [-0.05, 0) is 55.5 Å². The number of benzene rings is 1. The van der Waals surface area contributed by atoms with Crippen molar-refractivity contribution in [2.24, 2.45) is 0 Å². The van der Waals surface area contributed by atoms with Crippen molar-refractivity contribution in [3.63, 3.8) is 0 Å². The molecule has 2 aromatic rings. The number of nitrogen functional groups attached to an aromatic ring is 1. The van der Waals surface area contributed by atoms with Gasteiger partial charge in [0.05, 0.1) is 10.6 Å². The van der Waals surface area contributed by atoms with Gasteiger partial charge in [0, 0.05) is 10.6 Å². The molecule has 0 bridgehead atoms. The van der Waals surface area contributed by atoms with Gasteiger partial charge in [0.15, 0.2) is 0 Å². The third-order valence-electron chi connectivity index (χ3n) is 3.72. The lowest BCUT2D eigenvalue weighted by molar-refractivity contribution is 0.103. The third kappa shape index (κ3) is 3.08. The van der Waals surface area contributed by atoms with E-state index in [9.17, 15) is 9.18 Å². The van der Waals surface area contributed by atoms with Crippen LogP contribution in [0.25, 0.3) is 0 Å². The van der Waals surface area contributed by atoms with Crippen molar-refractivity contribution in [2.45, 2.75) is 32.1 Å². The molecule has 110 valence electrons. The van der Waals surface area contributed by atoms with Gasteiger partial charge in [0.25, 0.3) is 5.91 Å². The van der Waals surface area contributed by atoms with Crippen LogP contribution in [0.4, 0.5) is 15.8 Å². The summed E-state index contributed by atoms with van der Waals surface area (Å²) >= 11 is 1.57. The number of amides is 1. The molecule has 5 heteroatoms. The summed E-state index contributed by atoms with van der Waals surface area (Å²) in [5.74, 6) is -0.630. The van der Waals surface area contributed by atoms with Crippen LogP contribution in [-0.2, 0) is 12.8 Å². The van der Waals surface area contributed by atoms with Crippen molar-refractivity contribution in [3.05, 3.63) is 45.4 Å². The number of thiophene rings is 1. The first-order chi connectivity index (χ1) is 10.1. The highest BCUT2D eigenvalue weighted by molar-refractivity contribution is 7.14. The highest BCUT2D eigenvalue weighted by atomic mass is 32.1. The van der Waals surface area contributed by atoms with Crippen LogP contribution in [-0.4, -0.2) is 5.91 Å². The molecule has 1 heterocycles. The lowest BCUT2D eigenvalue weighted by Gasteiger charge is -2.05. The smallest absolute Gasteiger partial charge is 0.265 e. The molecule has 0 unspecified atom stereocenters. The molecule has 3 N–H and O–H groups in total. The molecule has 3 rings (SSSR count). The summed E-state index contributed by atoms with van der Waals surface area (Å²) in [7, 11) is 0. The molecular formula is C16H17FN2OS. The van der Waals surface area contributed by atoms with Gasteiger partial charge in [0.1, 0.15) is 5.82 Å². The van der Waals surface area contributed by atoms with Crippen molar-refractivity contribution in [3.8, 4) is 0 Å². The number of halogens is 1. The summed E-state index contributed by atoms with van der Waals surface area (Å²) in [6, 6.07) is 6.20. The van der Waals surface area contributed by atoms with E-state index in [4.69, 9.17) is 5.73 Å². The topological polar surface area (TPSA) is 55.1 Å². The van der Waals surface area contributed by atoms with E-state index in [0.717, 1.165) is 12.8 Å². The Morgan fingerprint density at radius 3 is 2.81 bits per heavy atom. The molecule has 0 aliphatic heterocycles. The molecule has 1 aliphatic carbocycles. The number of nitrogens with one attached hydrogen (secondary N) is 1. The van der Waals surface area contributed by atoms with E-state index in [1.165, 1.54) is 47.9 Å². The largest absolute Gasteiger partial charge is 0.396 e. The van der Waals surface area contributed by atoms with E-state index in [2.05, 4.69) is 5.32 Å². The fraction of sp³-hybridized carbons (Fsp3) is 0.312. The SMILES string of the molecule is Nc1cc(NC(=O)c2cc3c(s2)CCCCC3)ccc1F. The molecular weight excluding hydrogens is 287 g/mol. The van der Waals surface area contributed by atoms with E-state index in [0.29, 0.717) is 10.6 Å². The number of anilines is 2. The predicted molar refractivity (Wildman–Crippen MR) is 84.3 cm³/mol. The average molecular weight is 304 g/mol. The van der Waals surface area contributed by atoms with Crippen LogP contribution in [0.5, 0.6) is 0 Å². The van der Waals surface area contributed by atoms with Crippen LogP contribution in [0.15, 0.2) is 24.3 Å². The molecule has 0 atom stereocenters. The molecule has 21 heavy (non-hydrogen) atoms.